The quantitative estimate of drug-likeness (QED) is 0.698. The summed E-state index contributed by atoms with van der Waals surface area (Å²) in [6.45, 7) is 5.80. The molecule has 0 amide bonds. The van der Waals surface area contributed by atoms with Crippen LogP contribution in [0, 0.1) is 0 Å². The summed E-state index contributed by atoms with van der Waals surface area (Å²) in [5.41, 5.74) is 2.25. The monoisotopic (exact) mass is 332 g/mol. The first-order chi connectivity index (χ1) is 11.2. The molecular weight excluding hydrogens is 307 g/mol. The minimum absolute atomic E-state index is 0.115. The van der Waals surface area contributed by atoms with Crippen LogP contribution in [0.1, 0.15) is 30.8 Å². The van der Waals surface area contributed by atoms with Crippen molar-refractivity contribution >= 4 is 13.6 Å². The van der Waals surface area contributed by atoms with Gasteiger partial charge >= 0.3 is 0 Å². The summed E-state index contributed by atoms with van der Waals surface area (Å²) in [5.74, 6) is -0.115. The molecule has 1 heterocycles. The van der Waals surface area contributed by atoms with Gasteiger partial charge < -0.3 is 9.05 Å². The van der Waals surface area contributed by atoms with Gasteiger partial charge in [-0.1, -0.05) is 36.4 Å². The third-order valence-corrected chi connectivity index (χ3v) is 6.09. The van der Waals surface area contributed by atoms with Crippen molar-refractivity contribution in [3.63, 3.8) is 0 Å². The fraction of sp³-hybridized carbons (Fsp3) is 0.333. The Morgan fingerprint density at radius 3 is 2.35 bits per heavy atom. The minimum Gasteiger partial charge on any atom is -0.336 e. The predicted octanol–water partition coefficient (Wildman–Crippen LogP) is 4.22. The summed E-state index contributed by atoms with van der Waals surface area (Å²) in [6, 6.07) is 14.2. The second kappa shape index (κ2) is 8.99. The Kier molecular flexibility index (Phi) is 7.00. The zero-order valence-corrected chi connectivity index (χ0v) is 14.7. The van der Waals surface area contributed by atoms with Gasteiger partial charge in [-0.2, -0.15) is 0 Å². The summed E-state index contributed by atoms with van der Waals surface area (Å²) < 4.78 is 11.9. The highest BCUT2D eigenvalue weighted by molar-refractivity contribution is 7.64. The molecule has 0 fully saturated rings. The number of rotatable bonds is 9. The predicted molar refractivity (Wildman–Crippen MR) is 97.6 cm³/mol. The van der Waals surface area contributed by atoms with Crippen LogP contribution in [-0.4, -0.2) is 24.5 Å². The summed E-state index contributed by atoms with van der Waals surface area (Å²) in [6.07, 6.45) is 7.93. The van der Waals surface area contributed by atoms with Crippen LogP contribution >= 0.6 is 7.34 Å². The van der Waals surface area contributed by atoms with Crippen LogP contribution in [0.4, 0.5) is 0 Å². The number of nitrogens with one attached hydrogen (secondary N) is 1. The van der Waals surface area contributed by atoms with Crippen molar-refractivity contribution in [1.29, 1.82) is 0 Å². The second-order valence-corrected chi connectivity index (χ2v) is 7.60. The van der Waals surface area contributed by atoms with Crippen molar-refractivity contribution in [2.24, 2.45) is 0 Å². The lowest BCUT2D eigenvalue weighted by Gasteiger charge is -2.33. The molecule has 1 aromatic heterocycles. The Labute approximate surface area is 139 Å². The highest BCUT2D eigenvalue weighted by atomic mass is 31.2. The Balaban J connectivity index is 2.26. The van der Waals surface area contributed by atoms with E-state index in [1.165, 1.54) is 5.56 Å². The minimum atomic E-state index is -2.34. The average molecular weight is 332 g/mol. The van der Waals surface area contributed by atoms with Gasteiger partial charge in [-0.25, -0.2) is 0 Å². The van der Waals surface area contributed by atoms with Crippen molar-refractivity contribution in [2.75, 3.05) is 13.2 Å². The molecule has 0 spiro atoms. The van der Waals surface area contributed by atoms with Crippen LogP contribution < -0.4 is 5.32 Å². The van der Waals surface area contributed by atoms with Crippen molar-refractivity contribution in [1.82, 2.24) is 10.3 Å². The zero-order valence-electron chi connectivity index (χ0n) is 13.8. The van der Waals surface area contributed by atoms with Crippen LogP contribution in [0.25, 0.3) is 0 Å². The number of hydrogen-bond donors (Lipinski definition) is 1. The molecule has 2 aromatic rings. The maximum absolute atomic E-state index is 5.96. The number of nitrogens with zero attached hydrogens (tertiary/aromatic N) is 1. The van der Waals surface area contributed by atoms with E-state index in [0.717, 1.165) is 12.1 Å². The molecule has 0 bridgehead atoms. The molecule has 1 aromatic carbocycles. The third-order valence-electron chi connectivity index (χ3n) is 3.43. The number of hydrogen-bond acceptors (Lipinski definition) is 4. The third kappa shape index (κ3) is 5.02. The molecule has 124 valence electrons. The molecule has 0 aliphatic heterocycles. The highest BCUT2D eigenvalue weighted by Gasteiger charge is 2.29. The largest absolute Gasteiger partial charge is 0.336 e. The smallest absolute Gasteiger partial charge is 0.138 e. The summed E-state index contributed by atoms with van der Waals surface area (Å²) in [4.78, 5) is 4.23. The van der Waals surface area contributed by atoms with E-state index in [-0.39, 0.29) is 5.78 Å². The molecule has 0 aliphatic carbocycles. The molecule has 0 aliphatic rings. The number of benzene rings is 1. The van der Waals surface area contributed by atoms with Crippen LogP contribution in [-0.2, 0) is 15.6 Å². The van der Waals surface area contributed by atoms with Gasteiger partial charge in [-0.15, -0.1) is 0 Å². The molecule has 1 unspecified atom stereocenters. The van der Waals surface area contributed by atoms with E-state index in [2.05, 4.69) is 28.7 Å². The Hall–Kier alpha value is -1.45. The molecule has 0 saturated heterocycles. The summed E-state index contributed by atoms with van der Waals surface area (Å²) in [7, 11) is -2.34. The number of pyridine rings is 1. The van der Waals surface area contributed by atoms with Gasteiger partial charge in [0, 0.05) is 18.9 Å². The molecule has 5 heteroatoms. The van der Waals surface area contributed by atoms with E-state index >= 15 is 0 Å². The van der Waals surface area contributed by atoms with Gasteiger partial charge in [-0.3, -0.25) is 10.3 Å². The summed E-state index contributed by atoms with van der Waals surface area (Å²) in [5, 5.41) is 3.56. The SMILES string of the molecule is C=P(OCC)(OCC)C(NCc1ccccc1)c1cccnc1. The molecule has 2 rings (SSSR count). The van der Waals surface area contributed by atoms with E-state index in [9.17, 15) is 0 Å². The molecule has 23 heavy (non-hydrogen) atoms. The topological polar surface area (TPSA) is 43.4 Å². The van der Waals surface area contributed by atoms with E-state index in [4.69, 9.17) is 9.05 Å². The molecule has 1 atom stereocenters. The van der Waals surface area contributed by atoms with Crippen molar-refractivity contribution in [3.05, 3.63) is 66.0 Å². The Bertz CT molecular complexity index is 609. The Morgan fingerprint density at radius 1 is 1.09 bits per heavy atom. The first kappa shape index (κ1) is 17.9. The molecule has 0 saturated carbocycles. The van der Waals surface area contributed by atoms with Gasteiger partial charge in [0.05, 0.1) is 13.2 Å². The van der Waals surface area contributed by atoms with E-state index < -0.39 is 7.34 Å². The van der Waals surface area contributed by atoms with Gasteiger partial charge in [0.25, 0.3) is 0 Å². The maximum Gasteiger partial charge on any atom is 0.138 e. The highest BCUT2D eigenvalue weighted by Crippen LogP contribution is 2.59. The van der Waals surface area contributed by atoms with Crippen molar-refractivity contribution in [3.8, 4) is 0 Å². The maximum atomic E-state index is 5.96. The normalized spacial score (nSPS) is 13.0. The van der Waals surface area contributed by atoms with Gasteiger partial charge in [0.1, 0.15) is 13.1 Å². The molecule has 0 radical (unpaired) electrons. The lowest BCUT2D eigenvalue weighted by atomic mass is 10.2. The molecule has 4 nitrogen and oxygen atoms in total. The van der Waals surface area contributed by atoms with E-state index in [1.807, 2.05) is 50.4 Å². The van der Waals surface area contributed by atoms with Gasteiger partial charge in [0.15, 0.2) is 0 Å². The van der Waals surface area contributed by atoms with Crippen molar-refractivity contribution < 1.29 is 9.05 Å². The first-order valence-corrected chi connectivity index (χ1v) is 9.77. The van der Waals surface area contributed by atoms with Crippen LogP contribution in [0.2, 0.25) is 0 Å². The van der Waals surface area contributed by atoms with E-state index in [0.29, 0.717) is 13.2 Å². The molecule has 1 N–H and O–H groups in total. The second-order valence-electron chi connectivity index (χ2n) is 5.12. The lowest BCUT2D eigenvalue weighted by molar-refractivity contribution is 0.253. The van der Waals surface area contributed by atoms with Crippen LogP contribution in [0.5, 0.6) is 0 Å². The average Bonchev–Trinajstić information content (AvgIpc) is 2.57. The van der Waals surface area contributed by atoms with Gasteiger partial charge in [0.2, 0.25) is 0 Å². The summed E-state index contributed by atoms with van der Waals surface area (Å²) >= 11 is 0. The van der Waals surface area contributed by atoms with Crippen LogP contribution in [0.3, 0.4) is 0 Å². The van der Waals surface area contributed by atoms with E-state index in [1.54, 1.807) is 6.20 Å². The number of aromatic nitrogens is 1. The first-order valence-electron chi connectivity index (χ1n) is 7.89. The standard InChI is InChI=1S/C18H25N2O2P/c1-4-21-23(3,22-5-2)18(17-12-9-13-19-15-17)20-14-16-10-7-6-8-11-16/h6-13,15,18,20H,3-5,14H2,1-2H3. The fourth-order valence-corrected chi connectivity index (χ4v) is 4.68. The van der Waals surface area contributed by atoms with Gasteiger partial charge in [-0.05, 0) is 37.3 Å². The zero-order chi connectivity index (χ0) is 16.5. The van der Waals surface area contributed by atoms with Crippen LogP contribution in [0.15, 0.2) is 54.9 Å². The van der Waals surface area contributed by atoms with Crippen molar-refractivity contribution in [2.45, 2.75) is 26.2 Å². The fourth-order valence-electron chi connectivity index (χ4n) is 2.46. The lowest BCUT2D eigenvalue weighted by Crippen LogP contribution is -2.23. The Morgan fingerprint density at radius 2 is 1.78 bits per heavy atom. The molecular formula is C18H25N2O2P.